The van der Waals surface area contributed by atoms with Crippen molar-refractivity contribution >= 4 is 11.9 Å². The number of ether oxygens (including phenoxy) is 1. The fourth-order valence-corrected chi connectivity index (χ4v) is 4.48. The maximum atomic E-state index is 12.2. The molecule has 2 aliphatic heterocycles. The van der Waals surface area contributed by atoms with E-state index in [0.717, 1.165) is 0 Å². The van der Waals surface area contributed by atoms with E-state index in [0.29, 0.717) is 25.7 Å². The number of carbonyl (C=O) groups excluding carboxylic acids is 2. The van der Waals surface area contributed by atoms with Crippen LogP contribution in [-0.2, 0) is 14.3 Å². The molecule has 1 saturated carbocycles. The number of hydrogen-bond donors (Lipinski definition) is 4. The van der Waals surface area contributed by atoms with E-state index in [-0.39, 0.29) is 5.91 Å². The van der Waals surface area contributed by atoms with Crippen LogP contribution < -0.4 is 5.32 Å². The zero-order valence-electron chi connectivity index (χ0n) is 12.8. The van der Waals surface area contributed by atoms with E-state index in [2.05, 4.69) is 5.32 Å². The van der Waals surface area contributed by atoms with Crippen LogP contribution in [0.1, 0.15) is 39.5 Å². The fraction of sp³-hybridized carbons (Fsp3) is 0.867. The number of amides is 1. The molecular weight excluding hydrogens is 290 g/mol. The highest BCUT2D eigenvalue weighted by Gasteiger charge is 2.79. The molecule has 2 heterocycles. The van der Waals surface area contributed by atoms with Crippen molar-refractivity contribution in [1.82, 2.24) is 5.32 Å². The number of esters is 1. The molecule has 0 radical (unpaired) electrons. The molecule has 3 aliphatic rings. The molecule has 0 spiro atoms. The average molecular weight is 313 g/mol. The van der Waals surface area contributed by atoms with Gasteiger partial charge >= 0.3 is 5.97 Å². The minimum atomic E-state index is -1.52. The first-order valence-corrected chi connectivity index (χ1v) is 7.89. The second-order valence-electron chi connectivity index (χ2n) is 6.85. The first-order chi connectivity index (χ1) is 10.3. The molecule has 3 fully saturated rings. The van der Waals surface area contributed by atoms with Gasteiger partial charge in [0.1, 0.15) is 0 Å². The Morgan fingerprint density at radius 1 is 1.36 bits per heavy atom. The van der Waals surface area contributed by atoms with Crippen LogP contribution in [0.4, 0.5) is 0 Å². The van der Waals surface area contributed by atoms with Gasteiger partial charge < -0.3 is 25.4 Å². The Kier molecular flexibility index (Phi) is 3.50. The van der Waals surface area contributed by atoms with Crippen molar-refractivity contribution in [3.8, 4) is 0 Å². The third-order valence-corrected chi connectivity index (χ3v) is 5.84. The molecule has 7 nitrogen and oxygen atoms in total. The summed E-state index contributed by atoms with van der Waals surface area (Å²) in [6.07, 6.45) is -1.25. The van der Waals surface area contributed by atoms with Crippen LogP contribution >= 0.6 is 0 Å². The summed E-state index contributed by atoms with van der Waals surface area (Å²) < 4.78 is 5.28. The SMILES string of the molecule is CCC1C(=O)NC2(C(O)C3CCCC(O)C3O)C(=O)OC12C. The number of fused-ring (bicyclic) bond motifs is 1. The lowest BCUT2D eigenvalue weighted by Gasteiger charge is -2.55. The van der Waals surface area contributed by atoms with Crippen LogP contribution in [0, 0.1) is 11.8 Å². The predicted octanol–water partition coefficient (Wildman–Crippen LogP) is -0.920. The summed E-state index contributed by atoms with van der Waals surface area (Å²) in [5.74, 6) is -2.18. The van der Waals surface area contributed by atoms with Crippen molar-refractivity contribution in [1.29, 1.82) is 0 Å². The molecule has 7 unspecified atom stereocenters. The molecule has 22 heavy (non-hydrogen) atoms. The molecule has 0 bridgehead atoms. The van der Waals surface area contributed by atoms with E-state index in [1.165, 1.54) is 0 Å². The maximum absolute atomic E-state index is 12.2. The molecule has 0 aromatic heterocycles. The Morgan fingerprint density at radius 2 is 2.05 bits per heavy atom. The van der Waals surface area contributed by atoms with Crippen molar-refractivity contribution in [2.24, 2.45) is 11.8 Å². The Bertz CT molecular complexity index is 510. The van der Waals surface area contributed by atoms with E-state index in [9.17, 15) is 24.9 Å². The molecule has 0 aromatic carbocycles. The smallest absolute Gasteiger partial charge is 0.339 e. The molecule has 7 heteroatoms. The molecule has 3 rings (SSSR count). The zero-order chi connectivity index (χ0) is 16.3. The number of nitrogens with one attached hydrogen (secondary N) is 1. The highest BCUT2D eigenvalue weighted by atomic mass is 16.6. The second kappa shape index (κ2) is 4.91. The van der Waals surface area contributed by atoms with Gasteiger partial charge in [-0.2, -0.15) is 0 Å². The third-order valence-electron chi connectivity index (χ3n) is 5.84. The summed E-state index contributed by atoms with van der Waals surface area (Å²) in [5.41, 5.74) is -2.63. The zero-order valence-corrected chi connectivity index (χ0v) is 12.8. The van der Waals surface area contributed by atoms with Gasteiger partial charge in [-0.05, 0) is 26.2 Å². The summed E-state index contributed by atoms with van der Waals surface area (Å²) in [4.78, 5) is 24.4. The molecule has 1 aliphatic carbocycles. The third kappa shape index (κ3) is 1.67. The Morgan fingerprint density at radius 3 is 2.64 bits per heavy atom. The molecule has 7 atom stereocenters. The number of hydrogen-bond acceptors (Lipinski definition) is 6. The summed E-state index contributed by atoms with van der Waals surface area (Å²) in [7, 11) is 0. The summed E-state index contributed by atoms with van der Waals surface area (Å²) >= 11 is 0. The lowest BCUT2D eigenvalue weighted by atomic mass is 9.63. The Labute approximate surface area is 128 Å². The lowest BCUT2D eigenvalue weighted by molar-refractivity contribution is -0.245. The monoisotopic (exact) mass is 313 g/mol. The molecule has 2 saturated heterocycles. The van der Waals surface area contributed by atoms with Crippen LogP contribution in [0.3, 0.4) is 0 Å². The molecular formula is C15H23NO6. The van der Waals surface area contributed by atoms with E-state index < -0.39 is 47.3 Å². The molecule has 124 valence electrons. The highest BCUT2D eigenvalue weighted by molar-refractivity contribution is 6.01. The number of rotatable bonds is 3. The van der Waals surface area contributed by atoms with Gasteiger partial charge in [-0.15, -0.1) is 0 Å². The molecule has 1 amide bonds. The predicted molar refractivity (Wildman–Crippen MR) is 74.5 cm³/mol. The van der Waals surface area contributed by atoms with E-state index in [4.69, 9.17) is 4.74 Å². The summed E-state index contributed by atoms with van der Waals surface area (Å²) in [6, 6.07) is 0. The van der Waals surface area contributed by atoms with Crippen LogP contribution in [0.15, 0.2) is 0 Å². The van der Waals surface area contributed by atoms with Gasteiger partial charge in [-0.1, -0.05) is 13.3 Å². The lowest BCUT2D eigenvalue weighted by Crippen LogP contribution is -2.80. The van der Waals surface area contributed by atoms with Gasteiger partial charge in [0.15, 0.2) is 5.60 Å². The number of carbonyl (C=O) groups is 2. The minimum absolute atomic E-state index is 0.319. The van der Waals surface area contributed by atoms with Crippen molar-refractivity contribution in [2.75, 3.05) is 0 Å². The minimum Gasteiger partial charge on any atom is -0.453 e. The topological polar surface area (TPSA) is 116 Å². The van der Waals surface area contributed by atoms with Gasteiger partial charge in [-0.3, -0.25) is 4.79 Å². The average Bonchev–Trinajstić information content (AvgIpc) is 2.64. The highest BCUT2D eigenvalue weighted by Crippen LogP contribution is 2.53. The van der Waals surface area contributed by atoms with Gasteiger partial charge in [0.2, 0.25) is 11.4 Å². The van der Waals surface area contributed by atoms with E-state index in [1.807, 2.05) is 6.92 Å². The normalized spacial score (nSPS) is 49.0. The van der Waals surface area contributed by atoms with E-state index >= 15 is 0 Å². The van der Waals surface area contributed by atoms with Crippen LogP contribution in [0.25, 0.3) is 0 Å². The Balaban J connectivity index is 1.95. The standard InChI is InChI=1S/C15H23NO6/c1-3-8-12(20)16-15(13(21)22-14(8,15)2)11(19)7-5-4-6-9(17)10(7)18/h7-11,17-19H,3-6H2,1-2H3,(H,16,20). The van der Waals surface area contributed by atoms with Gasteiger partial charge in [0, 0.05) is 5.92 Å². The summed E-state index contributed by atoms with van der Waals surface area (Å²) in [6.45, 7) is 3.47. The molecule has 4 N–H and O–H groups in total. The van der Waals surface area contributed by atoms with Crippen LogP contribution in [0.5, 0.6) is 0 Å². The fourth-order valence-electron chi connectivity index (χ4n) is 4.48. The van der Waals surface area contributed by atoms with Crippen LogP contribution in [-0.4, -0.2) is 56.6 Å². The van der Waals surface area contributed by atoms with Gasteiger partial charge in [-0.25, -0.2) is 4.79 Å². The van der Waals surface area contributed by atoms with Crippen molar-refractivity contribution in [3.63, 3.8) is 0 Å². The van der Waals surface area contributed by atoms with Crippen molar-refractivity contribution in [2.45, 2.75) is 69.0 Å². The second-order valence-corrected chi connectivity index (χ2v) is 6.85. The van der Waals surface area contributed by atoms with Crippen LogP contribution in [0.2, 0.25) is 0 Å². The van der Waals surface area contributed by atoms with E-state index in [1.54, 1.807) is 6.92 Å². The first kappa shape index (κ1) is 15.7. The first-order valence-electron chi connectivity index (χ1n) is 7.89. The number of aliphatic hydroxyl groups excluding tert-OH is 3. The van der Waals surface area contributed by atoms with Crippen molar-refractivity contribution in [3.05, 3.63) is 0 Å². The van der Waals surface area contributed by atoms with Gasteiger partial charge in [0.25, 0.3) is 0 Å². The Hall–Kier alpha value is -1.18. The summed E-state index contributed by atoms with van der Waals surface area (Å²) in [5, 5.41) is 33.5. The maximum Gasteiger partial charge on any atom is 0.339 e. The molecule has 0 aromatic rings. The van der Waals surface area contributed by atoms with Crippen molar-refractivity contribution < 1.29 is 29.6 Å². The quantitative estimate of drug-likeness (QED) is 0.501. The largest absolute Gasteiger partial charge is 0.453 e. The van der Waals surface area contributed by atoms with Gasteiger partial charge in [0.05, 0.1) is 24.2 Å². The number of aliphatic hydroxyl groups is 3.